The van der Waals surface area contributed by atoms with Crippen LogP contribution in [0.1, 0.15) is 5.69 Å². The summed E-state index contributed by atoms with van der Waals surface area (Å²) in [5.41, 5.74) is 7.11. The van der Waals surface area contributed by atoms with Crippen molar-refractivity contribution < 1.29 is 4.92 Å². The highest BCUT2D eigenvalue weighted by Gasteiger charge is 2.15. The molecule has 2 N–H and O–H groups in total. The van der Waals surface area contributed by atoms with Crippen LogP contribution >= 0.6 is 0 Å². The Bertz CT molecular complexity index is 563. The van der Waals surface area contributed by atoms with Crippen LogP contribution in [0.4, 0.5) is 11.6 Å². The van der Waals surface area contributed by atoms with Crippen LogP contribution in [0, 0.1) is 17.0 Å². The van der Waals surface area contributed by atoms with E-state index in [0.717, 1.165) is 0 Å². The van der Waals surface area contributed by atoms with Gasteiger partial charge in [0.15, 0.2) is 0 Å². The molecule has 0 unspecified atom stereocenters. The van der Waals surface area contributed by atoms with Crippen LogP contribution < -0.4 is 5.73 Å². The molecule has 2 aromatic rings. The number of anilines is 1. The van der Waals surface area contributed by atoms with Crippen molar-refractivity contribution in [2.45, 2.75) is 6.92 Å². The van der Waals surface area contributed by atoms with Crippen LogP contribution in [0.5, 0.6) is 0 Å². The van der Waals surface area contributed by atoms with E-state index in [9.17, 15) is 10.1 Å². The predicted molar refractivity (Wildman–Crippen MR) is 63.3 cm³/mol. The van der Waals surface area contributed by atoms with Gasteiger partial charge in [-0.05, 0) is 19.1 Å². The largest absolute Gasteiger partial charge is 0.368 e. The van der Waals surface area contributed by atoms with Crippen LogP contribution in [0.2, 0.25) is 0 Å². The molecule has 6 nitrogen and oxygen atoms in total. The molecule has 0 spiro atoms. The Morgan fingerprint density at radius 1 is 1.29 bits per heavy atom. The van der Waals surface area contributed by atoms with Gasteiger partial charge in [0.25, 0.3) is 5.69 Å². The van der Waals surface area contributed by atoms with Crippen molar-refractivity contribution in [1.29, 1.82) is 0 Å². The van der Waals surface area contributed by atoms with Gasteiger partial charge in [-0.2, -0.15) is 0 Å². The number of nitrogen functional groups attached to an aromatic ring is 1. The number of nitro groups is 1. The molecule has 0 aliphatic carbocycles. The lowest BCUT2D eigenvalue weighted by molar-refractivity contribution is -0.384. The van der Waals surface area contributed by atoms with E-state index in [4.69, 9.17) is 5.73 Å². The molecule has 0 radical (unpaired) electrons. The SMILES string of the molecule is Cc1cc(-c2ccccc2[N+](=O)[O-])nc(N)n1. The van der Waals surface area contributed by atoms with Gasteiger partial charge in [0.1, 0.15) is 0 Å². The molecule has 0 atom stereocenters. The van der Waals surface area contributed by atoms with E-state index in [1.54, 1.807) is 31.2 Å². The van der Waals surface area contributed by atoms with Gasteiger partial charge in [-0.1, -0.05) is 12.1 Å². The van der Waals surface area contributed by atoms with Crippen molar-refractivity contribution in [3.05, 3.63) is 46.1 Å². The second kappa shape index (κ2) is 4.17. The molecule has 0 aliphatic rings. The lowest BCUT2D eigenvalue weighted by Crippen LogP contribution is -1.99. The minimum absolute atomic E-state index is 0.00463. The second-order valence-corrected chi connectivity index (χ2v) is 3.53. The van der Waals surface area contributed by atoms with Crippen molar-refractivity contribution in [3.63, 3.8) is 0 Å². The van der Waals surface area contributed by atoms with E-state index in [1.807, 2.05) is 0 Å². The zero-order valence-electron chi connectivity index (χ0n) is 9.12. The number of nitrogens with zero attached hydrogens (tertiary/aromatic N) is 3. The number of aromatic nitrogens is 2. The van der Waals surface area contributed by atoms with Gasteiger partial charge in [0, 0.05) is 11.8 Å². The average molecular weight is 230 g/mol. The first-order valence-electron chi connectivity index (χ1n) is 4.93. The maximum Gasteiger partial charge on any atom is 0.278 e. The van der Waals surface area contributed by atoms with Gasteiger partial charge in [-0.25, -0.2) is 9.97 Å². The maximum atomic E-state index is 10.9. The Labute approximate surface area is 97.3 Å². The molecular weight excluding hydrogens is 220 g/mol. The summed E-state index contributed by atoms with van der Waals surface area (Å²) in [7, 11) is 0. The third-order valence-electron chi connectivity index (χ3n) is 2.25. The molecule has 0 saturated heterocycles. The molecule has 2 rings (SSSR count). The number of hydrogen-bond acceptors (Lipinski definition) is 5. The summed E-state index contributed by atoms with van der Waals surface area (Å²) in [4.78, 5) is 18.4. The summed E-state index contributed by atoms with van der Waals surface area (Å²) in [6.45, 7) is 1.76. The number of aryl methyl sites for hydroxylation is 1. The first-order chi connectivity index (χ1) is 8.08. The Hall–Kier alpha value is -2.50. The minimum atomic E-state index is -0.442. The molecule has 0 bridgehead atoms. The van der Waals surface area contributed by atoms with Gasteiger partial charge >= 0.3 is 0 Å². The molecule has 1 aromatic carbocycles. The third-order valence-corrected chi connectivity index (χ3v) is 2.25. The van der Waals surface area contributed by atoms with Crippen molar-refractivity contribution in [3.8, 4) is 11.3 Å². The average Bonchev–Trinajstić information content (AvgIpc) is 2.27. The summed E-state index contributed by atoms with van der Waals surface area (Å²) in [5.74, 6) is 0.109. The number of benzene rings is 1. The summed E-state index contributed by atoms with van der Waals surface area (Å²) >= 11 is 0. The molecule has 0 fully saturated rings. The van der Waals surface area contributed by atoms with Gasteiger partial charge in [0.2, 0.25) is 5.95 Å². The predicted octanol–water partition coefficient (Wildman–Crippen LogP) is 1.94. The highest BCUT2D eigenvalue weighted by Crippen LogP contribution is 2.28. The van der Waals surface area contributed by atoms with E-state index in [-0.39, 0.29) is 11.6 Å². The Balaban J connectivity index is 2.64. The number of nitro benzene ring substituents is 1. The molecule has 0 saturated carbocycles. The molecule has 0 aliphatic heterocycles. The fourth-order valence-electron chi connectivity index (χ4n) is 1.58. The summed E-state index contributed by atoms with van der Waals surface area (Å²) < 4.78 is 0. The van der Waals surface area contributed by atoms with E-state index in [1.165, 1.54) is 6.07 Å². The molecule has 1 aromatic heterocycles. The van der Waals surface area contributed by atoms with E-state index < -0.39 is 4.92 Å². The topological polar surface area (TPSA) is 94.9 Å². The normalized spacial score (nSPS) is 10.2. The molecular formula is C11H10N4O2. The second-order valence-electron chi connectivity index (χ2n) is 3.53. The first kappa shape index (κ1) is 11.0. The maximum absolute atomic E-state index is 10.9. The summed E-state index contributed by atoms with van der Waals surface area (Å²) in [6, 6.07) is 8.07. The van der Waals surface area contributed by atoms with Crippen LogP contribution in [0.25, 0.3) is 11.3 Å². The lowest BCUT2D eigenvalue weighted by Gasteiger charge is -2.04. The van der Waals surface area contributed by atoms with Gasteiger partial charge in [0.05, 0.1) is 16.2 Å². The fraction of sp³-hybridized carbons (Fsp3) is 0.0909. The number of rotatable bonds is 2. The smallest absolute Gasteiger partial charge is 0.278 e. The molecule has 86 valence electrons. The zero-order valence-corrected chi connectivity index (χ0v) is 9.12. The van der Waals surface area contributed by atoms with E-state index >= 15 is 0 Å². The minimum Gasteiger partial charge on any atom is -0.368 e. The molecule has 6 heteroatoms. The first-order valence-corrected chi connectivity index (χ1v) is 4.93. The number of hydrogen-bond donors (Lipinski definition) is 1. The summed E-state index contributed by atoms with van der Waals surface area (Å²) in [6.07, 6.45) is 0. The Morgan fingerprint density at radius 2 is 2.00 bits per heavy atom. The van der Waals surface area contributed by atoms with Crippen molar-refractivity contribution in [2.75, 3.05) is 5.73 Å². The Morgan fingerprint density at radius 3 is 2.65 bits per heavy atom. The van der Waals surface area contributed by atoms with Crippen molar-refractivity contribution >= 4 is 11.6 Å². The number of para-hydroxylation sites is 1. The van der Waals surface area contributed by atoms with Crippen LogP contribution in [0.15, 0.2) is 30.3 Å². The van der Waals surface area contributed by atoms with Crippen molar-refractivity contribution in [2.24, 2.45) is 0 Å². The van der Waals surface area contributed by atoms with Crippen LogP contribution in [0.3, 0.4) is 0 Å². The Kier molecular flexibility index (Phi) is 2.70. The zero-order chi connectivity index (χ0) is 12.4. The highest BCUT2D eigenvalue weighted by atomic mass is 16.6. The van der Waals surface area contributed by atoms with Gasteiger partial charge < -0.3 is 5.73 Å². The quantitative estimate of drug-likeness (QED) is 0.628. The van der Waals surface area contributed by atoms with E-state index in [2.05, 4.69) is 9.97 Å². The van der Waals surface area contributed by atoms with Crippen LogP contribution in [-0.4, -0.2) is 14.9 Å². The monoisotopic (exact) mass is 230 g/mol. The van der Waals surface area contributed by atoms with Gasteiger partial charge in [-0.15, -0.1) is 0 Å². The summed E-state index contributed by atoms with van der Waals surface area (Å²) in [5, 5.41) is 10.9. The molecule has 0 amide bonds. The standard InChI is InChI=1S/C11H10N4O2/c1-7-6-9(14-11(12)13-7)8-4-2-3-5-10(8)15(16)17/h2-6H,1H3,(H2,12,13,14). The highest BCUT2D eigenvalue weighted by molar-refractivity contribution is 5.71. The third kappa shape index (κ3) is 2.20. The molecule has 1 heterocycles. The van der Waals surface area contributed by atoms with Crippen molar-refractivity contribution in [1.82, 2.24) is 9.97 Å². The van der Waals surface area contributed by atoms with Gasteiger partial charge in [-0.3, -0.25) is 10.1 Å². The number of nitrogens with two attached hydrogens (primary N) is 1. The fourth-order valence-corrected chi connectivity index (χ4v) is 1.58. The van der Waals surface area contributed by atoms with Crippen LogP contribution in [-0.2, 0) is 0 Å². The lowest BCUT2D eigenvalue weighted by atomic mass is 10.1. The van der Waals surface area contributed by atoms with E-state index in [0.29, 0.717) is 17.0 Å². The molecule has 17 heavy (non-hydrogen) atoms.